The van der Waals surface area contributed by atoms with Gasteiger partial charge in [0.25, 0.3) is 0 Å². The SMILES string of the molecule is COC(=O)CC1(C)CCc2c(C)c(OCCCI)c(C)c(C)c2O1. The molecule has 134 valence electrons. The van der Waals surface area contributed by atoms with E-state index in [0.29, 0.717) is 0 Å². The average molecular weight is 446 g/mol. The lowest BCUT2D eigenvalue weighted by atomic mass is 9.85. The standard InChI is InChI=1S/C19H27IO4/c1-12-13(2)18-15(14(3)17(12)23-10-6-9-20)7-8-19(4,24-18)11-16(21)22-5/h6-11H2,1-5H3. The third kappa shape index (κ3) is 3.98. The summed E-state index contributed by atoms with van der Waals surface area (Å²) in [6.07, 6.45) is 3.00. The number of hydrogen-bond donors (Lipinski definition) is 0. The highest BCUT2D eigenvalue weighted by Crippen LogP contribution is 2.44. The highest BCUT2D eigenvalue weighted by molar-refractivity contribution is 14.1. The van der Waals surface area contributed by atoms with Crippen LogP contribution in [0.4, 0.5) is 0 Å². The van der Waals surface area contributed by atoms with Gasteiger partial charge < -0.3 is 14.2 Å². The fourth-order valence-corrected chi connectivity index (χ4v) is 3.54. The Kier molecular flexibility index (Phi) is 6.39. The van der Waals surface area contributed by atoms with E-state index in [9.17, 15) is 4.79 Å². The molecule has 1 heterocycles. The summed E-state index contributed by atoms with van der Waals surface area (Å²) < 4.78 is 18.3. The molecule has 5 heteroatoms. The van der Waals surface area contributed by atoms with Crippen LogP contribution in [0.3, 0.4) is 0 Å². The van der Waals surface area contributed by atoms with Gasteiger partial charge in [-0.05, 0) is 63.6 Å². The van der Waals surface area contributed by atoms with E-state index in [1.54, 1.807) is 0 Å². The normalized spacial score (nSPS) is 19.4. The molecule has 0 radical (unpaired) electrons. The van der Waals surface area contributed by atoms with Crippen LogP contribution in [0.2, 0.25) is 0 Å². The monoisotopic (exact) mass is 446 g/mol. The number of hydrogen-bond acceptors (Lipinski definition) is 4. The largest absolute Gasteiger partial charge is 0.493 e. The van der Waals surface area contributed by atoms with E-state index in [2.05, 4.69) is 43.4 Å². The summed E-state index contributed by atoms with van der Waals surface area (Å²) in [7, 11) is 1.42. The van der Waals surface area contributed by atoms with Gasteiger partial charge in [0, 0.05) is 9.99 Å². The zero-order valence-electron chi connectivity index (χ0n) is 15.3. The minimum absolute atomic E-state index is 0.231. The topological polar surface area (TPSA) is 44.8 Å². The van der Waals surface area contributed by atoms with Crippen molar-refractivity contribution in [1.29, 1.82) is 0 Å². The maximum atomic E-state index is 11.7. The first-order chi connectivity index (χ1) is 11.3. The minimum Gasteiger partial charge on any atom is -0.493 e. The van der Waals surface area contributed by atoms with E-state index < -0.39 is 5.60 Å². The summed E-state index contributed by atoms with van der Waals surface area (Å²) >= 11 is 2.37. The van der Waals surface area contributed by atoms with Gasteiger partial charge in [-0.25, -0.2) is 0 Å². The van der Waals surface area contributed by atoms with Gasteiger partial charge in [-0.15, -0.1) is 0 Å². The molecule has 1 aromatic carbocycles. The first kappa shape index (κ1) is 19.3. The first-order valence-corrected chi connectivity index (χ1v) is 9.92. The Morgan fingerprint density at radius 1 is 1.25 bits per heavy atom. The van der Waals surface area contributed by atoms with Gasteiger partial charge in [0.2, 0.25) is 0 Å². The van der Waals surface area contributed by atoms with Crippen molar-refractivity contribution in [2.75, 3.05) is 18.1 Å². The third-order valence-corrected chi connectivity index (χ3v) is 5.60. The fraction of sp³-hybridized carbons (Fsp3) is 0.632. The summed E-state index contributed by atoms with van der Waals surface area (Å²) in [6, 6.07) is 0. The number of carbonyl (C=O) groups excluding carboxylic acids is 1. The van der Waals surface area contributed by atoms with E-state index in [4.69, 9.17) is 14.2 Å². The van der Waals surface area contributed by atoms with Crippen LogP contribution in [0.5, 0.6) is 11.5 Å². The van der Waals surface area contributed by atoms with E-state index in [1.165, 1.54) is 18.2 Å². The molecule has 0 spiro atoms. The fourth-order valence-electron chi connectivity index (χ4n) is 3.23. The van der Waals surface area contributed by atoms with Crippen LogP contribution in [-0.2, 0) is 16.0 Å². The Morgan fingerprint density at radius 3 is 2.58 bits per heavy atom. The molecule has 1 unspecified atom stereocenters. The van der Waals surface area contributed by atoms with E-state index in [1.807, 2.05) is 6.92 Å². The number of alkyl halides is 1. The maximum absolute atomic E-state index is 11.7. The summed E-state index contributed by atoms with van der Waals surface area (Å²) in [5.74, 6) is 1.69. The quantitative estimate of drug-likeness (QED) is 0.280. The molecule has 0 amide bonds. The molecule has 0 bridgehead atoms. The van der Waals surface area contributed by atoms with Gasteiger partial charge in [-0.1, -0.05) is 22.6 Å². The molecule has 0 aromatic heterocycles. The Morgan fingerprint density at radius 2 is 1.96 bits per heavy atom. The van der Waals surface area contributed by atoms with Crippen LogP contribution in [0, 0.1) is 20.8 Å². The van der Waals surface area contributed by atoms with Crippen molar-refractivity contribution in [3.63, 3.8) is 0 Å². The van der Waals surface area contributed by atoms with Crippen LogP contribution in [0.1, 0.15) is 48.4 Å². The molecule has 1 aliphatic heterocycles. The first-order valence-electron chi connectivity index (χ1n) is 8.40. The van der Waals surface area contributed by atoms with E-state index in [0.717, 1.165) is 52.9 Å². The molecule has 1 atom stereocenters. The lowest BCUT2D eigenvalue weighted by Gasteiger charge is -2.37. The molecule has 0 N–H and O–H groups in total. The van der Waals surface area contributed by atoms with Crippen LogP contribution < -0.4 is 9.47 Å². The van der Waals surface area contributed by atoms with Crippen LogP contribution >= 0.6 is 22.6 Å². The molecule has 4 nitrogen and oxygen atoms in total. The molecule has 1 aliphatic rings. The van der Waals surface area contributed by atoms with Crippen molar-refractivity contribution < 1.29 is 19.0 Å². The molecule has 0 saturated carbocycles. The van der Waals surface area contributed by atoms with Crippen molar-refractivity contribution in [3.05, 3.63) is 22.3 Å². The summed E-state index contributed by atoms with van der Waals surface area (Å²) in [5.41, 5.74) is 4.11. The van der Waals surface area contributed by atoms with Crippen molar-refractivity contribution >= 4 is 28.6 Å². The van der Waals surface area contributed by atoms with Gasteiger partial charge in [0.1, 0.15) is 17.1 Å². The zero-order chi connectivity index (χ0) is 17.9. The number of rotatable bonds is 6. The second-order valence-corrected chi connectivity index (χ2v) is 7.79. The molecule has 2 rings (SSSR count). The summed E-state index contributed by atoms with van der Waals surface area (Å²) in [5, 5.41) is 0. The molecule has 0 aliphatic carbocycles. The smallest absolute Gasteiger partial charge is 0.309 e. The van der Waals surface area contributed by atoms with Crippen molar-refractivity contribution in [1.82, 2.24) is 0 Å². The number of fused-ring (bicyclic) bond motifs is 1. The predicted octanol–water partition coefficient (Wildman–Crippen LogP) is 4.46. The molecule has 0 saturated heterocycles. The molecule has 24 heavy (non-hydrogen) atoms. The lowest BCUT2D eigenvalue weighted by molar-refractivity contribution is -0.145. The predicted molar refractivity (Wildman–Crippen MR) is 104 cm³/mol. The van der Waals surface area contributed by atoms with Gasteiger partial charge in [-0.2, -0.15) is 0 Å². The van der Waals surface area contributed by atoms with E-state index in [-0.39, 0.29) is 12.4 Å². The van der Waals surface area contributed by atoms with Crippen LogP contribution in [0.15, 0.2) is 0 Å². The van der Waals surface area contributed by atoms with Gasteiger partial charge in [0.05, 0.1) is 20.1 Å². The highest BCUT2D eigenvalue weighted by Gasteiger charge is 2.36. The minimum atomic E-state index is -0.507. The molecular formula is C19H27IO4. The van der Waals surface area contributed by atoms with Crippen molar-refractivity contribution in [2.24, 2.45) is 0 Å². The number of methoxy groups -OCH3 is 1. The van der Waals surface area contributed by atoms with Crippen LogP contribution in [-0.4, -0.2) is 29.7 Å². The lowest BCUT2D eigenvalue weighted by Crippen LogP contribution is -2.39. The number of ether oxygens (including phenoxy) is 3. The molecule has 0 fully saturated rings. The van der Waals surface area contributed by atoms with Crippen molar-refractivity contribution in [3.8, 4) is 11.5 Å². The van der Waals surface area contributed by atoms with Gasteiger partial charge in [-0.3, -0.25) is 4.79 Å². The zero-order valence-corrected chi connectivity index (χ0v) is 17.4. The third-order valence-electron chi connectivity index (χ3n) is 4.83. The summed E-state index contributed by atoms with van der Waals surface area (Å²) in [6.45, 7) is 8.99. The maximum Gasteiger partial charge on any atom is 0.309 e. The molecule has 1 aromatic rings. The highest BCUT2D eigenvalue weighted by atomic mass is 127. The van der Waals surface area contributed by atoms with Crippen molar-refractivity contribution in [2.45, 2.75) is 59.0 Å². The second kappa shape index (κ2) is 7.93. The van der Waals surface area contributed by atoms with Gasteiger partial charge >= 0.3 is 5.97 Å². The number of halogens is 1. The Hall–Kier alpha value is -0.980. The van der Waals surface area contributed by atoms with Gasteiger partial charge in [0.15, 0.2) is 0 Å². The second-order valence-electron chi connectivity index (χ2n) is 6.71. The number of carbonyl (C=O) groups is 1. The summed E-state index contributed by atoms with van der Waals surface area (Å²) in [4.78, 5) is 11.7. The Balaban J connectivity index is 2.34. The van der Waals surface area contributed by atoms with Crippen LogP contribution in [0.25, 0.3) is 0 Å². The number of esters is 1. The average Bonchev–Trinajstić information content (AvgIpc) is 2.55. The Labute approximate surface area is 158 Å². The number of benzene rings is 1. The Bertz CT molecular complexity index is 627. The van der Waals surface area contributed by atoms with E-state index >= 15 is 0 Å². The molecular weight excluding hydrogens is 419 g/mol.